The summed E-state index contributed by atoms with van der Waals surface area (Å²) < 4.78 is 11.4. The Labute approximate surface area is 227 Å². The van der Waals surface area contributed by atoms with Crippen molar-refractivity contribution in [2.45, 2.75) is 31.4 Å². The summed E-state index contributed by atoms with van der Waals surface area (Å²) in [5.74, 6) is -1.50. The van der Waals surface area contributed by atoms with E-state index in [2.05, 4.69) is 29.6 Å². The fourth-order valence-corrected chi connectivity index (χ4v) is 5.43. The molecule has 0 spiro atoms. The first kappa shape index (κ1) is 26.4. The van der Waals surface area contributed by atoms with E-state index in [0.29, 0.717) is 13.0 Å². The van der Waals surface area contributed by atoms with Crippen LogP contribution in [0.2, 0.25) is 0 Å². The van der Waals surface area contributed by atoms with Gasteiger partial charge >= 0.3 is 12.1 Å². The van der Waals surface area contributed by atoms with Crippen molar-refractivity contribution >= 4 is 18.0 Å². The number of nitrogens with zero attached hydrogens (tertiary/aromatic N) is 1. The van der Waals surface area contributed by atoms with E-state index in [1.54, 1.807) is 4.90 Å². The predicted octanol–water partition coefficient (Wildman–Crippen LogP) is 4.43. The number of carbonyl (C=O) groups is 3. The van der Waals surface area contributed by atoms with Gasteiger partial charge in [-0.25, -0.2) is 4.79 Å². The summed E-state index contributed by atoms with van der Waals surface area (Å²) in [6.07, 6.45) is -0.528. The number of alkyl carbamates (subject to hydrolysis) is 1. The van der Waals surface area contributed by atoms with Crippen LogP contribution in [0.4, 0.5) is 4.79 Å². The minimum atomic E-state index is -0.950. The van der Waals surface area contributed by atoms with Gasteiger partial charge in [-0.2, -0.15) is 0 Å². The normalized spacial score (nSPS) is 17.7. The maximum Gasteiger partial charge on any atom is 0.407 e. The smallest absolute Gasteiger partial charge is 0.407 e. The van der Waals surface area contributed by atoms with Crippen LogP contribution in [0.1, 0.15) is 35.4 Å². The summed E-state index contributed by atoms with van der Waals surface area (Å²) in [4.78, 5) is 38.5. The molecule has 0 bridgehead atoms. The molecule has 2 unspecified atom stereocenters. The van der Waals surface area contributed by atoms with E-state index in [1.807, 2.05) is 54.6 Å². The van der Waals surface area contributed by atoms with E-state index in [1.165, 1.54) is 11.1 Å². The highest BCUT2D eigenvalue weighted by Crippen LogP contribution is 2.44. The Hall–Kier alpha value is -4.17. The molecule has 202 valence electrons. The molecule has 0 saturated carbocycles. The molecule has 2 atom stereocenters. The second-order valence-corrected chi connectivity index (χ2v) is 9.98. The summed E-state index contributed by atoms with van der Waals surface area (Å²) in [6.45, 7) is 1.15. The molecule has 2 amide bonds. The average molecular weight is 529 g/mol. The maximum absolute atomic E-state index is 13.2. The first-order valence-electron chi connectivity index (χ1n) is 13.2. The number of fused-ring (bicyclic) bond motifs is 3. The lowest BCUT2D eigenvalue weighted by Gasteiger charge is -2.25. The molecule has 8 heteroatoms. The maximum atomic E-state index is 13.2. The van der Waals surface area contributed by atoms with Crippen molar-refractivity contribution in [2.24, 2.45) is 5.92 Å². The zero-order chi connectivity index (χ0) is 27.2. The number of carboxylic acid groups (broad SMARTS) is 1. The monoisotopic (exact) mass is 528 g/mol. The van der Waals surface area contributed by atoms with Gasteiger partial charge in [-0.1, -0.05) is 78.9 Å². The Morgan fingerprint density at radius 3 is 2.23 bits per heavy atom. The van der Waals surface area contributed by atoms with Crippen molar-refractivity contribution in [3.8, 4) is 11.1 Å². The first-order chi connectivity index (χ1) is 19.0. The van der Waals surface area contributed by atoms with Gasteiger partial charge in [0.2, 0.25) is 5.91 Å². The van der Waals surface area contributed by atoms with Crippen LogP contribution in [-0.4, -0.2) is 60.4 Å². The number of nitrogens with one attached hydrogen (secondary N) is 1. The first-order valence-corrected chi connectivity index (χ1v) is 13.2. The minimum Gasteiger partial charge on any atom is -0.481 e. The van der Waals surface area contributed by atoms with Crippen LogP contribution in [0.3, 0.4) is 0 Å². The Morgan fingerprint density at radius 1 is 0.923 bits per heavy atom. The van der Waals surface area contributed by atoms with Crippen molar-refractivity contribution in [2.75, 3.05) is 26.3 Å². The molecule has 8 nitrogen and oxygen atoms in total. The fourth-order valence-electron chi connectivity index (χ4n) is 5.43. The van der Waals surface area contributed by atoms with Gasteiger partial charge < -0.3 is 24.8 Å². The Morgan fingerprint density at radius 2 is 1.56 bits per heavy atom. The van der Waals surface area contributed by atoms with Crippen molar-refractivity contribution in [3.63, 3.8) is 0 Å². The summed E-state index contributed by atoms with van der Waals surface area (Å²) in [5, 5.41) is 11.9. The van der Waals surface area contributed by atoms with E-state index in [-0.39, 0.29) is 50.7 Å². The molecule has 2 N–H and O–H groups in total. The number of rotatable bonds is 10. The number of hydrogen-bond donors (Lipinski definition) is 2. The molecule has 3 aromatic carbocycles. The predicted molar refractivity (Wildman–Crippen MR) is 145 cm³/mol. The lowest BCUT2D eigenvalue weighted by molar-refractivity contribution is -0.140. The molecular weight excluding hydrogens is 496 g/mol. The van der Waals surface area contributed by atoms with Gasteiger partial charge in [0.25, 0.3) is 0 Å². The number of amides is 2. The van der Waals surface area contributed by atoms with Crippen molar-refractivity contribution < 1.29 is 29.0 Å². The second kappa shape index (κ2) is 12.1. The number of carboxylic acids is 1. The number of carbonyl (C=O) groups excluding carboxylic acids is 2. The minimum absolute atomic E-state index is 0.0192. The van der Waals surface area contributed by atoms with Crippen molar-refractivity contribution in [3.05, 3.63) is 95.6 Å². The molecule has 1 aliphatic heterocycles. The lowest BCUT2D eigenvalue weighted by atomic mass is 9.98. The number of aliphatic carboxylic acids is 1. The van der Waals surface area contributed by atoms with E-state index >= 15 is 0 Å². The Kier molecular flexibility index (Phi) is 8.22. The van der Waals surface area contributed by atoms with Crippen LogP contribution >= 0.6 is 0 Å². The molecule has 2 aliphatic rings. The largest absolute Gasteiger partial charge is 0.481 e. The van der Waals surface area contributed by atoms with Crippen LogP contribution in [0, 0.1) is 5.92 Å². The van der Waals surface area contributed by atoms with Gasteiger partial charge in [-0.05, 0) is 34.2 Å². The van der Waals surface area contributed by atoms with E-state index in [4.69, 9.17) is 14.6 Å². The third kappa shape index (κ3) is 6.29. The molecule has 1 fully saturated rings. The number of ether oxygens (including phenoxy) is 2. The topological polar surface area (TPSA) is 105 Å². The van der Waals surface area contributed by atoms with Crippen LogP contribution < -0.4 is 5.32 Å². The molecule has 1 aliphatic carbocycles. The van der Waals surface area contributed by atoms with Gasteiger partial charge in [0.05, 0.1) is 25.0 Å². The van der Waals surface area contributed by atoms with Gasteiger partial charge in [0.15, 0.2) is 0 Å². The summed E-state index contributed by atoms with van der Waals surface area (Å²) in [5.41, 5.74) is 5.57. The van der Waals surface area contributed by atoms with E-state index < -0.39 is 18.0 Å². The van der Waals surface area contributed by atoms with Crippen LogP contribution in [0.5, 0.6) is 0 Å². The van der Waals surface area contributed by atoms with Crippen molar-refractivity contribution in [1.82, 2.24) is 10.2 Å². The summed E-state index contributed by atoms with van der Waals surface area (Å²) in [6, 6.07) is 25.8. The Balaban J connectivity index is 1.11. The zero-order valence-electron chi connectivity index (χ0n) is 21.6. The highest BCUT2D eigenvalue weighted by Gasteiger charge is 2.34. The number of benzene rings is 3. The highest BCUT2D eigenvalue weighted by atomic mass is 16.5. The Bertz CT molecular complexity index is 1280. The van der Waals surface area contributed by atoms with Gasteiger partial charge in [-0.3, -0.25) is 9.59 Å². The fraction of sp³-hybridized carbons (Fsp3) is 0.323. The van der Waals surface area contributed by atoms with Gasteiger partial charge in [0.1, 0.15) is 6.61 Å². The highest BCUT2D eigenvalue weighted by molar-refractivity contribution is 5.80. The van der Waals surface area contributed by atoms with E-state index in [9.17, 15) is 14.4 Å². The van der Waals surface area contributed by atoms with Crippen LogP contribution in [0.25, 0.3) is 11.1 Å². The third-order valence-corrected chi connectivity index (χ3v) is 7.37. The molecule has 1 heterocycles. The third-order valence-electron chi connectivity index (χ3n) is 7.37. The molecule has 5 rings (SSSR count). The molecule has 39 heavy (non-hydrogen) atoms. The number of hydrogen-bond acceptors (Lipinski definition) is 5. The zero-order valence-corrected chi connectivity index (χ0v) is 21.6. The molecule has 3 aromatic rings. The summed E-state index contributed by atoms with van der Waals surface area (Å²) >= 11 is 0. The lowest BCUT2D eigenvalue weighted by Crippen LogP contribution is -2.38. The molecule has 1 saturated heterocycles. The van der Waals surface area contributed by atoms with Crippen molar-refractivity contribution in [1.29, 1.82) is 0 Å². The van der Waals surface area contributed by atoms with Gasteiger partial charge in [0, 0.05) is 25.6 Å². The van der Waals surface area contributed by atoms with Crippen LogP contribution in [0.15, 0.2) is 78.9 Å². The molecule has 0 radical (unpaired) electrons. The van der Waals surface area contributed by atoms with E-state index in [0.717, 1.165) is 16.7 Å². The quantitative estimate of drug-likeness (QED) is 0.403. The average Bonchev–Trinajstić information content (AvgIpc) is 3.56. The summed E-state index contributed by atoms with van der Waals surface area (Å²) in [7, 11) is 0. The molecule has 0 aromatic heterocycles. The standard InChI is InChI=1S/C31H32N2O6/c34-29(35)14-15-33(18-21-8-2-1-3-9-21)30(36)22-16-23(38-19-22)17-32-31(37)39-20-28-26-12-6-4-10-24(26)25-11-5-7-13-27(25)28/h1-13,22-23,28H,14-20H2,(H,32,37)(H,34,35). The van der Waals surface area contributed by atoms with Crippen LogP contribution in [-0.2, 0) is 25.6 Å². The van der Waals surface area contributed by atoms with Gasteiger partial charge in [-0.15, -0.1) is 0 Å². The SMILES string of the molecule is O=C(O)CCN(Cc1ccccc1)C(=O)C1COC(CNC(=O)OCC2c3ccccc3-c3ccccc32)C1. The molecular formula is C31H32N2O6. The second-order valence-electron chi connectivity index (χ2n) is 9.98.